The summed E-state index contributed by atoms with van der Waals surface area (Å²) in [7, 11) is 0. The summed E-state index contributed by atoms with van der Waals surface area (Å²) in [6.07, 6.45) is -12.4. The number of rotatable bonds is 8. The molecule has 0 radical (unpaired) electrons. The molecule has 8 N–H and O–H groups in total. The quantitative estimate of drug-likeness (QED) is 0.0931. The predicted molar refractivity (Wildman–Crippen MR) is 97.8 cm³/mol. The summed E-state index contributed by atoms with van der Waals surface area (Å²) in [4.78, 5) is 74.1. The van der Waals surface area contributed by atoms with Gasteiger partial charge < -0.3 is 41.1 Å². The average Bonchev–Trinajstić information content (AvgIpc) is 2.79. The summed E-state index contributed by atoms with van der Waals surface area (Å²) in [5, 5.41) is 59.4. The van der Waals surface area contributed by atoms with Crippen molar-refractivity contribution >= 4 is 29.7 Å². The molecule has 0 aromatic rings. The first kappa shape index (κ1) is 29.3. The van der Waals surface area contributed by atoms with E-state index in [2.05, 4.69) is 19.6 Å². The van der Waals surface area contributed by atoms with Gasteiger partial charge in [0.15, 0.2) is 11.6 Å². The molecule has 1 saturated heterocycles. The molecule has 0 amide bonds. The van der Waals surface area contributed by atoms with Crippen LogP contribution in [0.1, 0.15) is 26.7 Å². The molecule has 0 spiro atoms. The number of ether oxygens (including phenoxy) is 1. The van der Waals surface area contributed by atoms with Gasteiger partial charge in [-0.1, -0.05) is 0 Å². The summed E-state index contributed by atoms with van der Waals surface area (Å²) < 4.78 is 4.96. The fourth-order valence-corrected chi connectivity index (χ4v) is 2.66. The van der Waals surface area contributed by atoms with Gasteiger partial charge in [0.1, 0.15) is 24.4 Å². The first-order chi connectivity index (χ1) is 15.6. The van der Waals surface area contributed by atoms with Gasteiger partial charge in [0.05, 0.1) is 13.0 Å². The molecule has 17 nitrogen and oxygen atoms in total. The Kier molecular flexibility index (Phi) is 9.97. The number of hydrogen-bond donors (Lipinski definition) is 7. The van der Waals surface area contributed by atoms with E-state index < -0.39 is 91.0 Å². The maximum atomic E-state index is 12.6. The van der Waals surface area contributed by atoms with Crippen molar-refractivity contribution in [1.29, 1.82) is 0 Å². The zero-order valence-electron chi connectivity index (χ0n) is 17.9. The van der Waals surface area contributed by atoms with Crippen LogP contribution in [0.25, 0.3) is 0 Å². The van der Waals surface area contributed by atoms with Crippen LogP contribution in [-0.4, -0.2) is 109 Å². The Morgan fingerprint density at radius 3 is 2.15 bits per heavy atom. The van der Waals surface area contributed by atoms with E-state index in [9.17, 15) is 49.5 Å². The maximum absolute atomic E-state index is 12.6. The highest BCUT2D eigenvalue weighted by molar-refractivity contribution is 6.32. The Balaban J connectivity index is 3.22. The Labute approximate surface area is 190 Å². The number of ketones is 1. The van der Waals surface area contributed by atoms with Crippen LogP contribution >= 0.6 is 0 Å². The number of aliphatic hydroxyl groups excluding tert-OH is 5. The normalized spacial score (nSPS) is 29.2. The molecule has 0 saturated carbocycles. The third-order valence-electron chi connectivity index (χ3n) is 4.73. The zero-order valence-corrected chi connectivity index (χ0v) is 17.9. The van der Waals surface area contributed by atoms with Crippen LogP contribution in [0.4, 0.5) is 0 Å². The molecule has 194 valence electrons. The fraction of sp³-hybridized carbons (Fsp3) is 0.706. The summed E-state index contributed by atoms with van der Waals surface area (Å²) in [6.45, 7) is 0.685. The van der Waals surface area contributed by atoms with Gasteiger partial charge in [-0.2, -0.15) is 0 Å². The highest BCUT2D eigenvalue weighted by Gasteiger charge is 2.66. The lowest BCUT2D eigenvalue weighted by Gasteiger charge is -2.51. The second-order valence-corrected chi connectivity index (χ2v) is 7.26. The van der Waals surface area contributed by atoms with Gasteiger partial charge >= 0.3 is 23.9 Å². The first-order valence-electron chi connectivity index (χ1n) is 9.49. The predicted octanol–water partition coefficient (Wildman–Crippen LogP) is -5.40. The van der Waals surface area contributed by atoms with Gasteiger partial charge in [0, 0.05) is 6.92 Å². The van der Waals surface area contributed by atoms with Crippen molar-refractivity contribution in [2.45, 2.75) is 68.5 Å². The van der Waals surface area contributed by atoms with E-state index in [0.29, 0.717) is 0 Å². The van der Waals surface area contributed by atoms with Crippen molar-refractivity contribution in [1.82, 2.24) is 0 Å². The van der Waals surface area contributed by atoms with E-state index in [1.54, 1.807) is 0 Å². The molecule has 1 rings (SSSR count). The average molecular weight is 499 g/mol. The van der Waals surface area contributed by atoms with Crippen LogP contribution < -0.4 is 5.73 Å². The Hall–Kier alpha value is -2.77. The highest BCUT2D eigenvalue weighted by Crippen LogP contribution is 2.38. The summed E-state index contributed by atoms with van der Waals surface area (Å²) in [5.41, 5.74) is 2.74. The van der Waals surface area contributed by atoms with Crippen LogP contribution in [0.5, 0.6) is 0 Å². The number of carbonyl (C=O) groups excluding carboxylic acids is 5. The van der Waals surface area contributed by atoms with Gasteiger partial charge in [0.25, 0.3) is 0 Å². The zero-order chi connectivity index (χ0) is 26.4. The van der Waals surface area contributed by atoms with E-state index in [0.717, 1.165) is 13.8 Å². The van der Waals surface area contributed by atoms with Crippen molar-refractivity contribution in [2.24, 2.45) is 5.73 Å². The van der Waals surface area contributed by atoms with Crippen molar-refractivity contribution < 1.29 is 78.9 Å². The monoisotopic (exact) mass is 499 g/mol. The lowest BCUT2D eigenvalue weighted by Crippen LogP contribution is -2.78. The molecule has 1 fully saturated rings. The van der Waals surface area contributed by atoms with Crippen molar-refractivity contribution in [2.75, 3.05) is 6.61 Å². The van der Waals surface area contributed by atoms with Crippen molar-refractivity contribution in [3.05, 3.63) is 0 Å². The van der Waals surface area contributed by atoms with Crippen LogP contribution in [-0.2, 0) is 48.3 Å². The lowest BCUT2D eigenvalue weighted by molar-refractivity contribution is -0.373. The molecule has 1 aliphatic rings. The van der Waals surface area contributed by atoms with Gasteiger partial charge in [-0.15, -0.1) is 0 Å². The molecule has 34 heavy (non-hydrogen) atoms. The minimum absolute atomic E-state index is 0.752. The fourth-order valence-electron chi connectivity index (χ4n) is 2.66. The van der Waals surface area contributed by atoms with E-state index in [4.69, 9.17) is 15.6 Å². The molecule has 1 heterocycles. The molecule has 0 aromatic carbocycles. The Morgan fingerprint density at radius 1 is 1.06 bits per heavy atom. The molecule has 1 aliphatic heterocycles. The van der Waals surface area contributed by atoms with Crippen LogP contribution in [0.15, 0.2) is 0 Å². The SMILES string of the molecule is CC(=O)C(=O)OOC(=O)C(N)(CCC(=O)OOC(=O)C(C)O)C1(O)OC(CO)C(O)C(O)C1O. The summed E-state index contributed by atoms with van der Waals surface area (Å²) in [5.74, 6) is -11.0. The largest absolute Gasteiger partial charge is 0.421 e. The topological polar surface area (TPSA) is 279 Å². The molecule has 0 aromatic heterocycles. The standard InChI is InChI=1S/C17H25NO16/c1-6(20)13(26)32-31-9(22)3-4-16(18,15(28)34-33-14(27)7(2)21)17(29)12(25)11(24)10(23)8(5-19)30-17/h6,8,10-12,19-20,23-25,29H,3-5,18H2,1-2H3. The Morgan fingerprint density at radius 2 is 1.65 bits per heavy atom. The van der Waals surface area contributed by atoms with Gasteiger partial charge in [-0.3, -0.25) is 4.79 Å². The number of aliphatic hydroxyl groups is 6. The number of nitrogens with two attached hydrogens (primary N) is 1. The molecular formula is C17H25NO16. The van der Waals surface area contributed by atoms with Crippen LogP contribution in [0.3, 0.4) is 0 Å². The van der Waals surface area contributed by atoms with Crippen LogP contribution in [0.2, 0.25) is 0 Å². The lowest BCUT2D eigenvalue weighted by atomic mass is 9.77. The molecule has 7 atom stereocenters. The third kappa shape index (κ3) is 6.21. The molecule has 0 aliphatic carbocycles. The van der Waals surface area contributed by atoms with E-state index in [1.807, 2.05) is 0 Å². The summed E-state index contributed by atoms with van der Waals surface area (Å²) >= 11 is 0. The molecule has 7 unspecified atom stereocenters. The second-order valence-electron chi connectivity index (χ2n) is 7.26. The minimum atomic E-state index is -3.41. The minimum Gasteiger partial charge on any atom is -0.394 e. The highest BCUT2D eigenvalue weighted by atomic mass is 17.2. The van der Waals surface area contributed by atoms with Crippen molar-refractivity contribution in [3.63, 3.8) is 0 Å². The third-order valence-corrected chi connectivity index (χ3v) is 4.73. The molecule has 0 bridgehead atoms. The van der Waals surface area contributed by atoms with Crippen LogP contribution in [0, 0.1) is 0 Å². The van der Waals surface area contributed by atoms with Gasteiger partial charge in [0.2, 0.25) is 11.6 Å². The number of hydrogen-bond acceptors (Lipinski definition) is 17. The molecular weight excluding hydrogens is 474 g/mol. The van der Waals surface area contributed by atoms with Gasteiger partial charge in [-0.25, -0.2) is 38.7 Å². The number of Topliss-reactive ketones (excluding diaryl/α,β-unsaturated/α-hetero) is 1. The van der Waals surface area contributed by atoms with Gasteiger partial charge in [-0.05, 0) is 13.3 Å². The Bertz CT molecular complexity index is 798. The van der Waals surface area contributed by atoms with E-state index >= 15 is 0 Å². The van der Waals surface area contributed by atoms with Crippen molar-refractivity contribution in [3.8, 4) is 0 Å². The smallest absolute Gasteiger partial charge is 0.394 e. The van der Waals surface area contributed by atoms with E-state index in [1.165, 1.54) is 0 Å². The van der Waals surface area contributed by atoms with E-state index in [-0.39, 0.29) is 0 Å². The first-order valence-corrected chi connectivity index (χ1v) is 9.49. The molecule has 17 heteroatoms. The number of carbonyl (C=O) groups is 5. The maximum Gasteiger partial charge on any atom is 0.421 e. The summed E-state index contributed by atoms with van der Waals surface area (Å²) in [6, 6.07) is 0. The second kappa shape index (κ2) is 11.6.